The van der Waals surface area contributed by atoms with E-state index < -0.39 is 0 Å². The van der Waals surface area contributed by atoms with Crippen LogP contribution in [-0.2, 0) is 0 Å². The molecule has 2 nitrogen and oxygen atoms in total. The van der Waals surface area contributed by atoms with Crippen molar-refractivity contribution in [3.05, 3.63) is 0 Å². The number of likely N-dealkylation sites (tertiary alicyclic amines) is 2. The van der Waals surface area contributed by atoms with E-state index in [-0.39, 0.29) is 0 Å². The third kappa shape index (κ3) is 6.21. The molecule has 0 bridgehead atoms. The summed E-state index contributed by atoms with van der Waals surface area (Å²) in [6, 6.07) is 0. The molecular weight excluding hydrogens is 340 g/mol. The Kier molecular flexibility index (Phi) is 7.41. The molecule has 0 aromatic carbocycles. The van der Waals surface area contributed by atoms with Crippen LogP contribution in [-0.4, -0.2) is 47.1 Å². The van der Waals surface area contributed by atoms with Crippen molar-refractivity contribution in [1.29, 1.82) is 0 Å². The molecule has 0 amide bonds. The van der Waals surface area contributed by atoms with E-state index in [2.05, 4.69) is 79.0 Å². The lowest BCUT2D eigenvalue weighted by Crippen LogP contribution is -2.48. The number of hydrogen-bond acceptors (Lipinski definition) is 2. The van der Waals surface area contributed by atoms with E-state index in [0.29, 0.717) is 21.9 Å². The minimum absolute atomic E-state index is 0.332. The van der Waals surface area contributed by atoms with Crippen LogP contribution in [0.5, 0.6) is 0 Å². The highest BCUT2D eigenvalue weighted by Crippen LogP contribution is 2.46. The molecule has 2 aliphatic rings. The number of hydrogen-bond donors (Lipinski definition) is 0. The van der Waals surface area contributed by atoms with Gasteiger partial charge in [-0.3, -0.25) is 9.80 Å². The van der Waals surface area contributed by atoms with Gasteiger partial charge in [-0.25, -0.2) is 0 Å². The average molecular weight is 393 g/mol. The Morgan fingerprint density at radius 2 is 0.750 bits per heavy atom. The van der Waals surface area contributed by atoms with Crippen molar-refractivity contribution in [2.75, 3.05) is 26.2 Å². The SMILES string of the molecule is CC(C)(CCC(C)(C)C1CCN(C(C)(C)C)CC1)C1CCN(C(C)(C)C)CC1. The molecule has 0 aromatic rings. The zero-order chi connectivity index (χ0) is 21.4. The van der Waals surface area contributed by atoms with E-state index in [1.54, 1.807) is 0 Å². The van der Waals surface area contributed by atoms with Gasteiger partial charge in [0.1, 0.15) is 0 Å². The summed E-state index contributed by atoms with van der Waals surface area (Å²) in [4.78, 5) is 5.37. The molecule has 2 heteroatoms. The summed E-state index contributed by atoms with van der Waals surface area (Å²) in [5.41, 5.74) is 1.62. The van der Waals surface area contributed by atoms with E-state index >= 15 is 0 Å². The average Bonchev–Trinajstić information content (AvgIpc) is 2.59. The lowest BCUT2D eigenvalue weighted by Gasteiger charge is -2.48. The molecule has 2 saturated heterocycles. The first-order chi connectivity index (χ1) is 12.6. The predicted molar refractivity (Wildman–Crippen MR) is 125 cm³/mol. The van der Waals surface area contributed by atoms with E-state index in [4.69, 9.17) is 0 Å². The van der Waals surface area contributed by atoms with Crippen LogP contribution >= 0.6 is 0 Å². The number of nitrogens with zero attached hydrogens (tertiary/aromatic N) is 2. The first kappa shape index (κ1) is 24.2. The monoisotopic (exact) mass is 392 g/mol. The summed E-state index contributed by atoms with van der Waals surface area (Å²) in [7, 11) is 0. The van der Waals surface area contributed by atoms with Crippen LogP contribution in [0.2, 0.25) is 0 Å². The van der Waals surface area contributed by atoms with Crippen LogP contribution < -0.4 is 0 Å². The first-order valence-corrected chi connectivity index (χ1v) is 12.1. The molecule has 166 valence electrons. The summed E-state index contributed by atoms with van der Waals surface area (Å²) in [6.45, 7) is 29.6. The fraction of sp³-hybridized carbons (Fsp3) is 1.00. The molecule has 0 radical (unpaired) electrons. The zero-order valence-electron chi connectivity index (χ0n) is 21.1. The van der Waals surface area contributed by atoms with Gasteiger partial charge in [-0.05, 0) is 129 Å². The third-order valence-electron chi connectivity index (χ3n) is 8.51. The molecule has 0 unspecified atom stereocenters. The minimum Gasteiger partial charge on any atom is -0.298 e. The van der Waals surface area contributed by atoms with Crippen LogP contribution in [0, 0.1) is 22.7 Å². The van der Waals surface area contributed by atoms with Crippen molar-refractivity contribution in [1.82, 2.24) is 9.80 Å². The largest absolute Gasteiger partial charge is 0.298 e. The molecule has 0 atom stereocenters. The molecule has 0 aromatic heterocycles. The topological polar surface area (TPSA) is 6.48 Å². The maximum atomic E-state index is 2.69. The van der Waals surface area contributed by atoms with Gasteiger partial charge in [0, 0.05) is 11.1 Å². The van der Waals surface area contributed by atoms with Gasteiger partial charge in [0.2, 0.25) is 0 Å². The number of rotatable bonds is 5. The molecule has 0 spiro atoms. The smallest absolute Gasteiger partial charge is 0.0125 e. The van der Waals surface area contributed by atoms with Gasteiger partial charge in [-0.1, -0.05) is 27.7 Å². The maximum Gasteiger partial charge on any atom is 0.0125 e. The highest BCUT2D eigenvalue weighted by atomic mass is 15.2. The van der Waals surface area contributed by atoms with Crippen molar-refractivity contribution < 1.29 is 0 Å². The van der Waals surface area contributed by atoms with Gasteiger partial charge < -0.3 is 0 Å². The highest BCUT2D eigenvalue weighted by molar-refractivity contribution is 4.91. The Hall–Kier alpha value is -0.0800. The van der Waals surface area contributed by atoms with Crippen LogP contribution in [0.1, 0.15) is 108 Å². The molecule has 2 fully saturated rings. The van der Waals surface area contributed by atoms with Crippen molar-refractivity contribution in [3.8, 4) is 0 Å². The van der Waals surface area contributed by atoms with Gasteiger partial charge in [0.15, 0.2) is 0 Å². The Morgan fingerprint density at radius 3 is 0.964 bits per heavy atom. The molecular formula is C26H52N2. The predicted octanol–water partition coefficient (Wildman–Crippen LogP) is 6.84. The summed E-state index contributed by atoms with van der Waals surface area (Å²) < 4.78 is 0. The van der Waals surface area contributed by atoms with Crippen LogP contribution in [0.3, 0.4) is 0 Å². The molecule has 28 heavy (non-hydrogen) atoms. The summed E-state index contributed by atoms with van der Waals surface area (Å²) in [6.07, 6.45) is 8.31. The van der Waals surface area contributed by atoms with E-state index in [0.717, 1.165) is 11.8 Å². The Morgan fingerprint density at radius 1 is 0.500 bits per heavy atom. The quantitative estimate of drug-likeness (QED) is 0.505. The molecule has 2 heterocycles. The minimum atomic E-state index is 0.332. The summed E-state index contributed by atoms with van der Waals surface area (Å²) >= 11 is 0. The maximum absolute atomic E-state index is 2.69. The van der Waals surface area contributed by atoms with Gasteiger partial charge in [-0.15, -0.1) is 0 Å². The molecule has 0 N–H and O–H groups in total. The zero-order valence-corrected chi connectivity index (χ0v) is 21.1. The van der Waals surface area contributed by atoms with E-state index in [9.17, 15) is 0 Å². The van der Waals surface area contributed by atoms with E-state index in [1.807, 2.05) is 0 Å². The van der Waals surface area contributed by atoms with Crippen molar-refractivity contribution >= 4 is 0 Å². The van der Waals surface area contributed by atoms with Crippen LogP contribution in [0.25, 0.3) is 0 Å². The fourth-order valence-corrected chi connectivity index (χ4v) is 5.72. The Balaban J connectivity index is 1.85. The van der Waals surface area contributed by atoms with Gasteiger partial charge in [0.25, 0.3) is 0 Å². The second-order valence-electron chi connectivity index (χ2n) is 13.3. The Labute approximate surface area is 177 Å². The van der Waals surface area contributed by atoms with Crippen LogP contribution in [0.15, 0.2) is 0 Å². The molecule has 0 aliphatic carbocycles. The standard InChI is InChI=1S/C26H52N2/c1-23(2,3)27-17-11-21(12-18-27)25(7,8)15-16-26(9,10)22-13-19-28(20-14-22)24(4,5)6/h21-22H,11-20H2,1-10H3. The second kappa shape index (κ2) is 8.58. The highest BCUT2D eigenvalue weighted by Gasteiger charge is 2.39. The molecule has 2 rings (SSSR count). The lowest BCUT2D eigenvalue weighted by molar-refractivity contribution is 0.0203. The molecule has 2 aliphatic heterocycles. The lowest BCUT2D eigenvalue weighted by atomic mass is 9.64. The normalized spacial score (nSPS) is 23.4. The van der Waals surface area contributed by atoms with Gasteiger partial charge in [0.05, 0.1) is 0 Å². The first-order valence-electron chi connectivity index (χ1n) is 12.1. The summed E-state index contributed by atoms with van der Waals surface area (Å²) in [5, 5.41) is 0. The Bertz CT molecular complexity index is 430. The van der Waals surface area contributed by atoms with E-state index in [1.165, 1.54) is 64.7 Å². The number of piperidine rings is 2. The third-order valence-corrected chi connectivity index (χ3v) is 8.51. The van der Waals surface area contributed by atoms with Gasteiger partial charge in [-0.2, -0.15) is 0 Å². The van der Waals surface area contributed by atoms with Crippen molar-refractivity contribution in [2.45, 2.75) is 119 Å². The van der Waals surface area contributed by atoms with Crippen molar-refractivity contribution in [3.63, 3.8) is 0 Å². The second-order valence-corrected chi connectivity index (χ2v) is 13.3. The van der Waals surface area contributed by atoms with Gasteiger partial charge >= 0.3 is 0 Å². The fourth-order valence-electron chi connectivity index (χ4n) is 5.72. The molecule has 0 saturated carbocycles. The summed E-state index contributed by atoms with van der Waals surface area (Å²) in [5.74, 6) is 1.79. The van der Waals surface area contributed by atoms with Crippen molar-refractivity contribution in [2.24, 2.45) is 22.7 Å². The van der Waals surface area contributed by atoms with Crippen LogP contribution in [0.4, 0.5) is 0 Å².